The van der Waals surface area contributed by atoms with E-state index < -0.39 is 10.8 Å². The molecule has 1 aliphatic heterocycles. The van der Waals surface area contributed by atoms with Crippen LogP contribution in [0.4, 0.5) is 5.69 Å². The van der Waals surface area contributed by atoms with Gasteiger partial charge >= 0.3 is 0 Å². The Morgan fingerprint density at radius 1 is 1.09 bits per heavy atom. The molecule has 2 heterocycles. The van der Waals surface area contributed by atoms with Crippen molar-refractivity contribution in [2.24, 2.45) is 4.99 Å². The van der Waals surface area contributed by atoms with Gasteiger partial charge in [0.2, 0.25) is 0 Å². The third kappa shape index (κ3) is 2.30. The van der Waals surface area contributed by atoms with Crippen LogP contribution >= 0.6 is 0 Å². The Bertz CT molecular complexity index is 976. The fraction of sp³-hybridized carbons (Fsp3) is 0.158. The summed E-state index contributed by atoms with van der Waals surface area (Å²) in [6, 6.07) is 14.5. The van der Waals surface area contributed by atoms with Crippen LogP contribution in [0.25, 0.3) is 22.0 Å². The van der Waals surface area contributed by atoms with Crippen LogP contribution in [0.1, 0.15) is 25.3 Å². The van der Waals surface area contributed by atoms with Crippen molar-refractivity contribution in [3.63, 3.8) is 0 Å². The first kappa shape index (κ1) is 14.3. The second kappa shape index (κ2) is 5.39. The smallest absolute Gasteiger partial charge is 0.107 e. The van der Waals surface area contributed by atoms with Gasteiger partial charge in [0.15, 0.2) is 0 Å². The summed E-state index contributed by atoms with van der Waals surface area (Å²) in [5.74, 6) is 0.411. The van der Waals surface area contributed by atoms with E-state index in [2.05, 4.69) is 54.2 Å². The van der Waals surface area contributed by atoms with Gasteiger partial charge in [-0.3, -0.25) is 4.98 Å². The second-order valence-electron chi connectivity index (χ2n) is 5.98. The van der Waals surface area contributed by atoms with E-state index in [4.69, 9.17) is 0 Å². The molecule has 0 saturated heterocycles. The monoisotopic (exact) mass is 320 g/mol. The molecule has 4 rings (SSSR count). The van der Waals surface area contributed by atoms with Gasteiger partial charge < -0.3 is 0 Å². The van der Waals surface area contributed by atoms with Crippen molar-refractivity contribution >= 4 is 32.8 Å². The Morgan fingerprint density at radius 2 is 1.91 bits per heavy atom. The van der Waals surface area contributed by atoms with Gasteiger partial charge in [0.1, 0.15) is 5.69 Å². The second-order valence-corrected chi connectivity index (χ2v) is 7.22. The minimum Gasteiger partial charge on any atom is -0.254 e. The van der Waals surface area contributed by atoms with Crippen molar-refractivity contribution < 1.29 is 4.21 Å². The molecule has 0 amide bonds. The van der Waals surface area contributed by atoms with Crippen LogP contribution in [0.5, 0.6) is 0 Å². The van der Waals surface area contributed by atoms with Gasteiger partial charge in [-0.15, -0.1) is 0 Å². The number of benzene rings is 2. The van der Waals surface area contributed by atoms with Crippen molar-refractivity contribution in [3.05, 3.63) is 54.2 Å². The van der Waals surface area contributed by atoms with Gasteiger partial charge in [-0.25, -0.2) is 9.20 Å². The number of aromatic nitrogens is 1. The average molecular weight is 320 g/mol. The lowest BCUT2D eigenvalue weighted by molar-refractivity contribution is 0.691. The summed E-state index contributed by atoms with van der Waals surface area (Å²) in [4.78, 5) is 9.58. The van der Waals surface area contributed by atoms with Crippen LogP contribution in [0, 0.1) is 0 Å². The van der Waals surface area contributed by atoms with E-state index in [0.29, 0.717) is 5.92 Å². The first-order chi connectivity index (χ1) is 11.1. The van der Waals surface area contributed by atoms with E-state index in [9.17, 15) is 4.21 Å². The highest BCUT2D eigenvalue weighted by Gasteiger charge is 2.20. The van der Waals surface area contributed by atoms with Crippen LogP contribution in [0.3, 0.4) is 0 Å². The zero-order valence-electron chi connectivity index (χ0n) is 13.0. The normalized spacial score (nSPS) is 16.2. The molecule has 2 aromatic carbocycles. The molecule has 3 aromatic rings. The molecule has 0 aliphatic carbocycles. The Kier molecular flexibility index (Phi) is 3.34. The zero-order valence-corrected chi connectivity index (χ0v) is 13.8. The predicted molar refractivity (Wildman–Crippen MR) is 95.8 cm³/mol. The molecule has 23 heavy (non-hydrogen) atoms. The Balaban J connectivity index is 2.01. The molecular weight excluding hydrogens is 304 g/mol. The highest BCUT2D eigenvalue weighted by molar-refractivity contribution is 7.99. The summed E-state index contributed by atoms with van der Waals surface area (Å²) in [5.41, 5.74) is 5.34. The molecule has 0 radical (unpaired) electrons. The van der Waals surface area contributed by atoms with Crippen molar-refractivity contribution in [3.8, 4) is 11.3 Å². The number of fused-ring (bicyclic) bond motifs is 2. The minimum absolute atomic E-state index is 0.411. The number of pyridine rings is 1. The quantitative estimate of drug-likeness (QED) is 0.680. The van der Waals surface area contributed by atoms with Crippen LogP contribution < -0.4 is 0 Å². The molecule has 4 heteroatoms. The fourth-order valence-electron chi connectivity index (χ4n) is 3.05. The summed E-state index contributed by atoms with van der Waals surface area (Å²) in [6.07, 6.45) is 1.71. The van der Waals surface area contributed by atoms with E-state index >= 15 is 0 Å². The van der Waals surface area contributed by atoms with Crippen molar-refractivity contribution in [1.82, 2.24) is 4.98 Å². The standard InChI is InChI=1S/C19H16N2OS/c1-12(2)16-10-14(9-13-5-3-4-6-15(13)16)18-19-17(7-8-20-18)23(22)11-21-19/h3-12H,1-2H3. The van der Waals surface area contributed by atoms with Crippen LogP contribution in [-0.2, 0) is 10.8 Å². The molecule has 0 bridgehead atoms. The molecule has 0 saturated carbocycles. The van der Waals surface area contributed by atoms with Gasteiger partial charge in [0.25, 0.3) is 0 Å². The Morgan fingerprint density at radius 3 is 2.74 bits per heavy atom. The predicted octanol–water partition coefficient (Wildman–Crippen LogP) is 4.81. The van der Waals surface area contributed by atoms with Crippen LogP contribution in [0.15, 0.2) is 58.5 Å². The van der Waals surface area contributed by atoms with E-state index in [1.165, 1.54) is 21.9 Å². The first-order valence-corrected chi connectivity index (χ1v) is 8.83. The molecule has 0 fully saturated rings. The maximum atomic E-state index is 12.0. The van der Waals surface area contributed by atoms with Crippen molar-refractivity contribution in [1.29, 1.82) is 0 Å². The van der Waals surface area contributed by atoms with Gasteiger partial charge in [0.05, 0.1) is 26.9 Å². The number of nitrogens with zero attached hydrogens (tertiary/aromatic N) is 2. The fourth-order valence-corrected chi connectivity index (χ4v) is 3.90. The first-order valence-electron chi connectivity index (χ1n) is 7.62. The molecule has 1 unspecified atom stereocenters. The number of hydrogen-bond donors (Lipinski definition) is 0. The van der Waals surface area contributed by atoms with Crippen LogP contribution in [-0.4, -0.2) is 14.7 Å². The third-order valence-electron chi connectivity index (χ3n) is 4.17. The third-order valence-corrected chi connectivity index (χ3v) is 5.23. The van der Waals surface area contributed by atoms with E-state index in [0.717, 1.165) is 21.8 Å². The highest BCUT2D eigenvalue weighted by atomic mass is 32.2. The maximum absolute atomic E-state index is 12.0. The largest absolute Gasteiger partial charge is 0.254 e. The number of rotatable bonds is 2. The molecular formula is C19H16N2OS. The van der Waals surface area contributed by atoms with Gasteiger partial charge in [-0.1, -0.05) is 38.1 Å². The van der Waals surface area contributed by atoms with Crippen molar-refractivity contribution in [2.75, 3.05) is 0 Å². The van der Waals surface area contributed by atoms with Gasteiger partial charge in [-0.2, -0.15) is 0 Å². The Labute approximate surface area is 137 Å². The minimum atomic E-state index is -1.15. The summed E-state index contributed by atoms with van der Waals surface area (Å²) in [6.45, 7) is 4.39. The van der Waals surface area contributed by atoms with Gasteiger partial charge in [0, 0.05) is 11.8 Å². The molecule has 0 N–H and O–H groups in total. The average Bonchev–Trinajstić information content (AvgIpc) is 2.95. The molecule has 114 valence electrons. The summed E-state index contributed by atoms with van der Waals surface area (Å²) >= 11 is 0. The number of aliphatic imine (C=N–C) groups is 1. The zero-order chi connectivity index (χ0) is 16.0. The van der Waals surface area contributed by atoms with Crippen LogP contribution in [0.2, 0.25) is 0 Å². The van der Waals surface area contributed by atoms with E-state index in [-0.39, 0.29) is 0 Å². The number of hydrogen-bond acceptors (Lipinski definition) is 3. The van der Waals surface area contributed by atoms with Crippen molar-refractivity contribution in [2.45, 2.75) is 24.7 Å². The SMILES string of the molecule is CC(C)c1cc(-c2nccc3c2N=CS3=O)cc2ccccc12. The topological polar surface area (TPSA) is 42.3 Å². The Hall–Kier alpha value is -2.33. The van der Waals surface area contributed by atoms with E-state index in [1.807, 2.05) is 6.07 Å². The molecule has 1 aromatic heterocycles. The molecule has 1 atom stereocenters. The molecule has 3 nitrogen and oxygen atoms in total. The lowest BCUT2D eigenvalue weighted by atomic mass is 9.92. The summed E-state index contributed by atoms with van der Waals surface area (Å²) in [7, 11) is -1.15. The molecule has 1 aliphatic rings. The lowest BCUT2D eigenvalue weighted by Gasteiger charge is -2.14. The lowest BCUT2D eigenvalue weighted by Crippen LogP contribution is -1.93. The van der Waals surface area contributed by atoms with Gasteiger partial charge in [-0.05, 0) is 40.5 Å². The van der Waals surface area contributed by atoms with E-state index in [1.54, 1.807) is 12.3 Å². The molecule has 0 spiro atoms. The maximum Gasteiger partial charge on any atom is 0.107 e. The summed E-state index contributed by atoms with van der Waals surface area (Å²) in [5, 5.41) is 2.46. The summed E-state index contributed by atoms with van der Waals surface area (Å²) < 4.78 is 12.0. The highest BCUT2D eigenvalue weighted by Crippen LogP contribution is 2.39.